The van der Waals surface area contributed by atoms with E-state index in [9.17, 15) is 32.3 Å². The van der Waals surface area contributed by atoms with Crippen LogP contribution < -0.4 is 16.0 Å². The van der Waals surface area contributed by atoms with Gasteiger partial charge in [-0.1, -0.05) is 29.5 Å². The minimum Gasteiger partial charge on any atom is -0.467 e. The summed E-state index contributed by atoms with van der Waals surface area (Å²) in [6.45, 7) is -0.446. The maximum absolute atomic E-state index is 13.7. The molecule has 0 aliphatic carbocycles. The smallest absolute Gasteiger partial charge is 0.435 e. The molecule has 4 aromatic rings. The van der Waals surface area contributed by atoms with Crippen LogP contribution >= 0.6 is 22.7 Å². The van der Waals surface area contributed by atoms with Crippen LogP contribution in [0.15, 0.2) is 41.9 Å². The molecule has 4 rings (SSSR count). The molecule has 204 valence electrons. The average Bonchev–Trinajstić information content (AvgIpc) is 3.66. The molecule has 0 spiro atoms. The molecular formula is C23H19F3N6O5S2. The van der Waals surface area contributed by atoms with Crippen molar-refractivity contribution < 1.29 is 37.1 Å². The number of esters is 1. The van der Waals surface area contributed by atoms with Crippen molar-refractivity contribution in [2.75, 3.05) is 19.0 Å². The summed E-state index contributed by atoms with van der Waals surface area (Å²) in [5, 5.41) is 15.4. The van der Waals surface area contributed by atoms with Gasteiger partial charge >= 0.3 is 12.1 Å². The second-order valence-electron chi connectivity index (χ2n) is 7.90. The van der Waals surface area contributed by atoms with E-state index in [-0.39, 0.29) is 6.42 Å². The van der Waals surface area contributed by atoms with Gasteiger partial charge in [0.25, 0.3) is 11.8 Å². The fourth-order valence-corrected chi connectivity index (χ4v) is 5.03. The Labute approximate surface area is 225 Å². The quantitative estimate of drug-likeness (QED) is 0.222. The summed E-state index contributed by atoms with van der Waals surface area (Å²) in [7, 11) is 1.02. The fraction of sp³-hybridized carbons (Fsp3) is 0.217. The lowest BCUT2D eigenvalue weighted by atomic mass is 10.1. The summed E-state index contributed by atoms with van der Waals surface area (Å²) in [5.74, 6) is -3.49. The number of benzene rings is 1. The van der Waals surface area contributed by atoms with E-state index in [1.54, 1.807) is 29.6 Å². The Hall–Kier alpha value is -4.31. The van der Waals surface area contributed by atoms with Gasteiger partial charge in [-0.05, 0) is 23.1 Å². The van der Waals surface area contributed by atoms with Crippen LogP contribution in [0.3, 0.4) is 0 Å². The topological polar surface area (TPSA) is 155 Å². The Balaban J connectivity index is 1.49. The lowest BCUT2D eigenvalue weighted by Gasteiger charge is -2.17. The third-order valence-electron chi connectivity index (χ3n) is 5.28. The number of aromatic amines is 1. The van der Waals surface area contributed by atoms with Crippen LogP contribution in [0.5, 0.6) is 0 Å². The molecule has 0 bridgehead atoms. The van der Waals surface area contributed by atoms with Crippen LogP contribution in [0, 0.1) is 0 Å². The molecule has 0 radical (unpaired) electrons. The first-order valence-electron chi connectivity index (χ1n) is 11.1. The summed E-state index contributed by atoms with van der Waals surface area (Å²) in [6, 6.07) is 6.78. The van der Waals surface area contributed by atoms with Gasteiger partial charge in [0.05, 0.1) is 30.1 Å². The number of fused-ring (bicyclic) bond motifs is 1. The molecule has 16 heteroatoms. The third kappa shape index (κ3) is 6.58. The summed E-state index contributed by atoms with van der Waals surface area (Å²) < 4.78 is 45.7. The molecule has 0 aliphatic rings. The van der Waals surface area contributed by atoms with E-state index in [0.29, 0.717) is 32.7 Å². The Bertz CT molecular complexity index is 1520. The van der Waals surface area contributed by atoms with Gasteiger partial charge in [-0.2, -0.15) is 18.3 Å². The van der Waals surface area contributed by atoms with E-state index in [0.717, 1.165) is 18.4 Å². The number of H-pyrrole nitrogens is 1. The number of nitrogens with zero attached hydrogens (tertiary/aromatic N) is 2. The number of amides is 3. The highest BCUT2D eigenvalue weighted by Crippen LogP contribution is 2.36. The van der Waals surface area contributed by atoms with Crippen LogP contribution in [0.1, 0.15) is 30.6 Å². The Morgan fingerprint density at radius 3 is 2.62 bits per heavy atom. The molecule has 0 saturated heterocycles. The summed E-state index contributed by atoms with van der Waals surface area (Å²) in [6.07, 6.45) is -3.71. The van der Waals surface area contributed by atoms with E-state index >= 15 is 0 Å². The molecule has 3 amide bonds. The fourth-order valence-electron chi connectivity index (χ4n) is 3.49. The standard InChI is InChI=1S/C23H19F3N6O5S2/c1-37-21(36)14(10-27-19(34)15-6-3-7-38-15)29-20(35)17-18(23(24,25)26)31-22(39-17)30-16(33)8-11-4-2-5-13-12(11)9-28-32-13/h2-7,9,14H,8,10H2,1H3,(H,27,34)(H,28,32)(H,29,35)(H,30,31,33). The number of ether oxygens (including phenoxy) is 1. The van der Waals surface area contributed by atoms with E-state index in [1.165, 1.54) is 12.3 Å². The maximum Gasteiger partial charge on any atom is 0.435 e. The first kappa shape index (κ1) is 27.7. The number of methoxy groups -OCH3 is 1. The van der Waals surface area contributed by atoms with Crippen LogP contribution in [-0.2, 0) is 26.9 Å². The molecule has 1 unspecified atom stereocenters. The second kappa shape index (κ2) is 11.6. The van der Waals surface area contributed by atoms with Crippen LogP contribution in [0.2, 0.25) is 0 Å². The Morgan fingerprint density at radius 2 is 1.92 bits per heavy atom. The minimum absolute atomic E-state index is 0.187. The monoisotopic (exact) mass is 580 g/mol. The Kier molecular flexibility index (Phi) is 8.25. The molecular weight excluding hydrogens is 561 g/mol. The summed E-state index contributed by atoms with van der Waals surface area (Å²) in [4.78, 5) is 52.6. The summed E-state index contributed by atoms with van der Waals surface area (Å²) in [5.41, 5.74) is -0.280. The Morgan fingerprint density at radius 1 is 1.13 bits per heavy atom. The van der Waals surface area contributed by atoms with E-state index < -0.39 is 58.2 Å². The predicted octanol–water partition coefficient (Wildman–Crippen LogP) is 2.98. The van der Waals surface area contributed by atoms with Crippen molar-refractivity contribution in [2.24, 2.45) is 0 Å². The van der Waals surface area contributed by atoms with E-state index in [1.807, 2.05) is 0 Å². The zero-order chi connectivity index (χ0) is 28.2. The normalized spacial score (nSPS) is 12.1. The van der Waals surface area contributed by atoms with Crippen molar-refractivity contribution in [1.29, 1.82) is 0 Å². The zero-order valence-corrected chi connectivity index (χ0v) is 21.6. The van der Waals surface area contributed by atoms with E-state index in [2.05, 4.69) is 35.9 Å². The van der Waals surface area contributed by atoms with Gasteiger partial charge in [0.1, 0.15) is 10.9 Å². The van der Waals surface area contributed by atoms with Gasteiger partial charge in [0.2, 0.25) is 5.91 Å². The minimum atomic E-state index is -5.04. The number of anilines is 1. The second-order valence-corrected chi connectivity index (χ2v) is 9.85. The molecule has 11 nitrogen and oxygen atoms in total. The van der Waals surface area contributed by atoms with Crippen LogP contribution in [0.25, 0.3) is 10.9 Å². The molecule has 0 saturated carbocycles. The summed E-state index contributed by atoms with van der Waals surface area (Å²) >= 11 is 1.43. The number of aromatic nitrogens is 3. The lowest BCUT2D eigenvalue weighted by molar-refractivity contribution is -0.142. The number of nitrogens with one attached hydrogen (secondary N) is 4. The average molecular weight is 581 g/mol. The van der Waals surface area contributed by atoms with Gasteiger partial charge < -0.3 is 20.7 Å². The number of alkyl halides is 3. The number of carbonyl (C=O) groups is 4. The van der Waals surface area contributed by atoms with Gasteiger partial charge in [0.15, 0.2) is 10.8 Å². The van der Waals surface area contributed by atoms with Crippen molar-refractivity contribution in [1.82, 2.24) is 25.8 Å². The molecule has 1 atom stereocenters. The molecule has 3 heterocycles. The van der Waals surface area contributed by atoms with Crippen molar-refractivity contribution in [3.8, 4) is 0 Å². The lowest BCUT2D eigenvalue weighted by Crippen LogP contribution is -2.49. The number of carbonyl (C=O) groups excluding carboxylic acids is 4. The number of thiazole rings is 1. The highest BCUT2D eigenvalue weighted by Gasteiger charge is 2.40. The first-order chi connectivity index (χ1) is 18.6. The van der Waals surface area contributed by atoms with Crippen molar-refractivity contribution in [3.05, 3.63) is 62.9 Å². The van der Waals surface area contributed by atoms with Gasteiger partial charge in [0, 0.05) is 11.9 Å². The molecule has 0 aliphatic heterocycles. The van der Waals surface area contributed by atoms with E-state index in [4.69, 9.17) is 0 Å². The van der Waals surface area contributed by atoms with Gasteiger partial charge in [-0.25, -0.2) is 9.78 Å². The number of thiophene rings is 1. The van der Waals surface area contributed by atoms with Crippen molar-refractivity contribution >= 4 is 62.4 Å². The SMILES string of the molecule is COC(=O)C(CNC(=O)c1cccs1)NC(=O)c1sc(NC(=O)Cc2cccc3[nH]ncc23)nc1C(F)(F)F. The molecule has 1 aromatic carbocycles. The van der Waals surface area contributed by atoms with Crippen molar-refractivity contribution in [2.45, 2.75) is 18.6 Å². The largest absolute Gasteiger partial charge is 0.467 e. The number of hydrogen-bond acceptors (Lipinski definition) is 9. The molecule has 39 heavy (non-hydrogen) atoms. The molecule has 3 aromatic heterocycles. The first-order valence-corrected chi connectivity index (χ1v) is 12.8. The van der Waals surface area contributed by atoms with Crippen LogP contribution in [-0.4, -0.2) is 58.6 Å². The highest BCUT2D eigenvalue weighted by atomic mass is 32.1. The zero-order valence-electron chi connectivity index (χ0n) is 19.9. The predicted molar refractivity (Wildman–Crippen MR) is 135 cm³/mol. The van der Waals surface area contributed by atoms with Gasteiger partial charge in [-0.15, -0.1) is 11.3 Å². The van der Waals surface area contributed by atoms with Crippen LogP contribution in [0.4, 0.5) is 18.3 Å². The molecule has 4 N–H and O–H groups in total. The number of rotatable bonds is 9. The van der Waals surface area contributed by atoms with Crippen molar-refractivity contribution in [3.63, 3.8) is 0 Å². The maximum atomic E-state index is 13.7. The molecule has 0 fully saturated rings. The highest BCUT2D eigenvalue weighted by molar-refractivity contribution is 7.17. The van der Waals surface area contributed by atoms with Gasteiger partial charge in [-0.3, -0.25) is 19.5 Å². The number of halogens is 3. The number of hydrogen-bond donors (Lipinski definition) is 4. The third-order valence-corrected chi connectivity index (χ3v) is 7.12.